The predicted octanol–water partition coefficient (Wildman–Crippen LogP) is 5.25. The summed E-state index contributed by atoms with van der Waals surface area (Å²) in [5.41, 5.74) is 3.62. The van der Waals surface area contributed by atoms with Gasteiger partial charge in [0, 0.05) is 15.5 Å². The first-order chi connectivity index (χ1) is 14.2. The lowest BCUT2D eigenvalue weighted by Crippen LogP contribution is -2.21. The monoisotopic (exact) mass is 424 g/mol. The van der Waals surface area contributed by atoms with Gasteiger partial charge in [-0.3, -0.25) is 4.68 Å². The fourth-order valence-electron chi connectivity index (χ4n) is 3.29. The zero-order chi connectivity index (χ0) is 19.8. The van der Waals surface area contributed by atoms with E-state index in [0.29, 0.717) is 35.6 Å². The molecule has 0 saturated heterocycles. The van der Waals surface area contributed by atoms with Gasteiger partial charge in [0.2, 0.25) is 5.82 Å². The van der Waals surface area contributed by atoms with E-state index in [1.165, 1.54) is 4.90 Å². The van der Waals surface area contributed by atoms with Crippen LogP contribution in [-0.4, -0.2) is 26.2 Å². The number of nitrogens with zero attached hydrogens (tertiary/aromatic N) is 4. The molecule has 0 unspecified atom stereocenters. The van der Waals surface area contributed by atoms with E-state index < -0.39 is 0 Å². The summed E-state index contributed by atoms with van der Waals surface area (Å²) >= 11 is 7.68. The molecule has 0 amide bonds. The lowest BCUT2D eigenvalue weighted by atomic mass is 10.1. The summed E-state index contributed by atoms with van der Waals surface area (Å²) in [6, 6.07) is 17.7. The van der Waals surface area contributed by atoms with Crippen molar-refractivity contribution in [3.63, 3.8) is 0 Å². The number of hydrogen-bond donors (Lipinski definition) is 0. The van der Waals surface area contributed by atoms with Gasteiger partial charge in [0.1, 0.15) is 6.10 Å². The Morgan fingerprint density at radius 1 is 1.10 bits per heavy atom. The first-order valence-corrected chi connectivity index (χ1v) is 10.7. The Labute approximate surface area is 176 Å². The Morgan fingerprint density at radius 3 is 2.66 bits per heavy atom. The van der Waals surface area contributed by atoms with Gasteiger partial charge in [-0.15, -0.1) is 11.8 Å². The zero-order valence-electron chi connectivity index (χ0n) is 15.6. The summed E-state index contributed by atoms with van der Waals surface area (Å²) in [5, 5.41) is 9.48. The van der Waals surface area contributed by atoms with E-state index in [2.05, 4.69) is 15.2 Å². The average Bonchev–Trinajstić information content (AvgIpc) is 3.41. The Morgan fingerprint density at radius 2 is 1.90 bits per heavy atom. The SMILES string of the molecule is CSc1ccc(-c2noc(-c3cc4n(n3)C[C@H](c3ccc(Cl)cc3)OC4)n2)cc1. The van der Waals surface area contributed by atoms with Gasteiger partial charge in [-0.05, 0) is 54.3 Å². The summed E-state index contributed by atoms with van der Waals surface area (Å²) in [4.78, 5) is 5.71. The molecule has 0 aliphatic carbocycles. The van der Waals surface area contributed by atoms with Gasteiger partial charge in [-0.1, -0.05) is 28.9 Å². The molecule has 1 atom stereocenters. The molecule has 0 N–H and O–H groups in total. The first kappa shape index (κ1) is 18.4. The number of benzene rings is 2. The minimum atomic E-state index is -0.0688. The molecular weight excluding hydrogens is 408 g/mol. The van der Waals surface area contributed by atoms with Crippen molar-refractivity contribution in [3.05, 3.63) is 70.9 Å². The highest BCUT2D eigenvalue weighted by Gasteiger charge is 2.24. The highest BCUT2D eigenvalue weighted by Crippen LogP contribution is 2.30. The van der Waals surface area contributed by atoms with Crippen molar-refractivity contribution in [2.24, 2.45) is 0 Å². The molecule has 0 saturated carbocycles. The molecule has 4 aromatic rings. The van der Waals surface area contributed by atoms with Crippen molar-refractivity contribution < 1.29 is 9.26 Å². The molecule has 0 radical (unpaired) electrons. The van der Waals surface area contributed by atoms with E-state index >= 15 is 0 Å². The topological polar surface area (TPSA) is 66.0 Å². The third-order valence-electron chi connectivity index (χ3n) is 4.87. The highest BCUT2D eigenvalue weighted by atomic mass is 35.5. The predicted molar refractivity (Wildman–Crippen MR) is 112 cm³/mol. The minimum absolute atomic E-state index is 0.0688. The van der Waals surface area contributed by atoms with E-state index in [9.17, 15) is 0 Å². The molecule has 146 valence electrons. The Balaban J connectivity index is 1.37. The van der Waals surface area contributed by atoms with Crippen LogP contribution in [0.2, 0.25) is 5.02 Å². The maximum atomic E-state index is 6.00. The maximum absolute atomic E-state index is 6.00. The maximum Gasteiger partial charge on any atom is 0.278 e. The number of aromatic nitrogens is 4. The second-order valence-electron chi connectivity index (χ2n) is 6.71. The standard InChI is InChI=1S/C21H17ClN4O2S/c1-29-17-8-4-14(5-9-17)20-23-21(28-25-20)18-10-16-12-27-19(11-26(16)24-18)13-2-6-15(22)7-3-13/h2-10,19H,11-12H2,1H3/t19-/m1/s1. The van der Waals surface area contributed by atoms with Gasteiger partial charge in [0.05, 0.1) is 18.8 Å². The van der Waals surface area contributed by atoms with E-state index in [-0.39, 0.29) is 6.10 Å². The van der Waals surface area contributed by atoms with Gasteiger partial charge in [-0.25, -0.2) is 0 Å². The smallest absolute Gasteiger partial charge is 0.278 e. The van der Waals surface area contributed by atoms with E-state index in [4.69, 9.17) is 20.9 Å². The Bertz CT molecular complexity index is 1140. The minimum Gasteiger partial charge on any atom is -0.365 e. The lowest BCUT2D eigenvalue weighted by molar-refractivity contribution is -0.00112. The van der Waals surface area contributed by atoms with Crippen LogP contribution in [0.3, 0.4) is 0 Å². The van der Waals surface area contributed by atoms with Gasteiger partial charge < -0.3 is 9.26 Å². The third-order valence-corrected chi connectivity index (χ3v) is 5.87. The van der Waals surface area contributed by atoms with Crippen LogP contribution in [0.1, 0.15) is 17.4 Å². The molecule has 3 heterocycles. The van der Waals surface area contributed by atoms with Crippen LogP contribution in [-0.2, 0) is 17.9 Å². The number of hydrogen-bond acceptors (Lipinski definition) is 6. The number of ether oxygens (including phenoxy) is 1. The van der Waals surface area contributed by atoms with E-state index in [0.717, 1.165) is 16.8 Å². The van der Waals surface area contributed by atoms with Gasteiger partial charge in [0.25, 0.3) is 5.89 Å². The number of fused-ring (bicyclic) bond motifs is 1. The fourth-order valence-corrected chi connectivity index (χ4v) is 3.83. The van der Waals surface area contributed by atoms with Crippen LogP contribution >= 0.6 is 23.4 Å². The number of halogens is 1. The average molecular weight is 425 g/mol. The molecule has 0 spiro atoms. The molecule has 6 nitrogen and oxygen atoms in total. The normalized spacial score (nSPS) is 16.0. The second kappa shape index (κ2) is 7.67. The molecule has 8 heteroatoms. The van der Waals surface area contributed by atoms with Crippen molar-refractivity contribution in [3.8, 4) is 23.0 Å². The molecular formula is C21H17ClN4O2S. The zero-order valence-corrected chi connectivity index (χ0v) is 17.2. The van der Waals surface area contributed by atoms with Gasteiger partial charge in [-0.2, -0.15) is 10.1 Å². The molecule has 0 fully saturated rings. The summed E-state index contributed by atoms with van der Waals surface area (Å²) in [6.45, 7) is 1.09. The highest BCUT2D eigenvalue weighted by molar-refractivity contribution is 7.98. The van der Waals surface area contributed by atoms with Crippen LogP contribution in [0.4, 0.5) is 0 Å². The van der Waals surface area contributed by atoms with Gasteiger partial charge >= 0.3 is 0 Å². The van der Waals surface area contributed by atoms with Crippen LogP contribution in [0.15, 0.2) is 64.0 Å². The molecule has 29 heavy (non-hydrogen) atoms. The number of rotatable bonds is 4. The summed E-state index contributed by atoms with van der Waals surface area (Å²) in [7, 11) is 0. The van der Waals surface area contributed by atoms with Crippen LogP contribution in [0.25, 0.3) is 23.0 Å². The second-order valence-corrected chi connectivity index (χ2v) is 8.02. The van der Waals surface area contributed by atoms with Crippen molar-refractivity contribution in [2.45, 2.75) is 24.2 Å². The van der Waals surface area contributed by atoms with Crippen LogP contribution < -0.4 is 0 Å². The molecule has 2 aromatic heterocycles. The van der Waals surface area contributed by atoms with Crippen molar-refractivity contribution >= 4 is 23.4 Å². The summed E-state index contributed by atoms with van der Waals surface area (Å²) in [6.07, 6.45) is 1.98. The fraction of sp³-hybridized carbons (Fsp3) is 0.190. The molecule has 5 rings (SSSR count). The largest absolute Gasteiger partial charge is 0.365 e. The third kappa shape index (κ3) is 3.69. The van der Waals surface area contributed by atoms with E-state index in [1.54, 1.807) is 11.8 Å². The van der Waals surface area contributed by atoms with Crippen LogP contribution in [0, 0.1) is 0 Å². The summed E-state index contributed by atoms with van der Waals surface area (Å²) in [5.74, 6) is 0.952. The van der Waals surface area contributed by atoms with Crippen molar-refractivity contribution in [1.29, 1.82) is 0 Å². The quantitative estimate of drug-likeness (QED) is 0.417. The summed E-state index contributed by atoms with van der Waals surface area (Å²) < 4.78 is 13.4. The molecule has 2 aromatic carbocycles. The Hall–Kier alpha value is -2.61. The Kier molecular flexibility index (Phi) is 4.87. The van der Waals surface area contributed by atoms with Gasteiger partial charge in [0.15, 0.2) is 5.69 Å². The molecule has 0 bridgehead atoms. The molecule has 1 aliphatic heterocycles. The van der Waals surface area contributed by atoms with Crippen molar-refractivity contribution in [1.82, 2.24) is 19.9 Å². The first-order valence-electron chi connectivity index (χ1n) is 9.12. The van der Waals surface area contributed by atoms with Crippen LogP contribution in [0.5, 0.6) is 0 Å². The van der Waals surface area contributed by atoms with E-state index in [1.807, 2.05) is 65.5 Å². The lowest BCUT2D eigenvalue weighted by Gasteiger charge is -2.24. The molecule has 1 aliphatic rings. The number of thioether (sulfide) groups is 1. The van der Waals surface area contributed by atoms with Crippen molar-refractivity contribution in [2.75, 3.05) is 6.26 Å².